The summed E-state index contributed by atoms with van der Waals surface area (Å²) in [4.78, 5) is 14.0. The molecule has 1 aliphatic rings. The van der Waals surface area contributed by atoms with E-state index in [4.69, 9.17) is 15.4 Å². The van der Waals surface area contributed by atoms with Gasteiger partial charge in [-0.15, -0.1) is 0 Å². The molecule has 1 heterocycles. The lowest BCUT2D eigenvalue weighted by Crippen LogP contribution is -2.35. The zero-order valence-corrected chi connectivity index (χ0v) is 19.6. The summed E-state index contributed by atoms with van der Waals surface area (Å²) < 4.78 is 32.1. The molecular formula is C24H33F2N5O2. The Hall–Kier alpha value is -3.07. The van der Waals surface area contributed by atoms with Crippen molar-refractivity contribution in [2.24, 2.45) is 21.9 Å². The van der Waals surface area contributed by atoms with Gasteiger partial charge in [-0.05, 0) is 37.3 Å². The largest absolute Gasteiger partial charge is 0.469 e. The number of oxime groups is 1. The number of nitrogens with one attached hydrogen (secondary N) is 1. The molecule has 1 fully saturated rings. The van der Waals surface area contributed by atoms with Crippen molar-refractivity contribution in [1.82, 2.24) is 10.4 Å². The summed E-state index contributed by atoms with van der Waals surface area (Å²) in [7, 11) is 0. The third-order valence-electron chi connectivity index (χ3n) is 4.81. The van der Waals surface area contributed by atoms with Crippen molar-refractivity contribution >= 4 is 11.5 Å². The zero-order chi connectivity index (χ0) is 24.3. The fourth-order valence-corrected chi connectivity index (χ4v) is 2.64. The van der Waals surface area contributed by atoms with Gasteiger partial charge in [-0.2, -0.15) is 0 Å². The molecule has 180 valence electrons. The van der Waals surface area contributed by atoms with E-state index in [0.29, 0.717) is 23.3 Å². The number of nitrogens with two attached hydrogens (primary N) is 1. The van der Waals surface area contributed by atoms with Crippen molar-refractivity contribution in [3.05, 3.63) is 59.3 Å². The Morgan fingerprint density at radius 1 is 1.18 bits per heavy atom. The Morgan fingerprint density at radius 3 is 2.42 bits per heavy atom. The van der Waals surface area contributed by atoms with Crippen LogP contribution < -0.4 is 16.0 Å². The Balaban J connectivity index is 0.00000187. The quantitative estimate of drug-likeness (QED) is 0.229. The molecule has 0 amide bonds. The van der Waals surface area contributed by atoms with Gasteiger partial charge in [-0.3, -0.25) is 4.99 Å². The van der Waals surface area contributed by atoms with E-state index >= 15 is 0 Å². The van der Waals surface area contributed by atoms with Crippen LogP contribution >= 0.6 is 0 Å². The molecule has 3 rings (SSSR count). The molecule has 1 aliphatic carbocycles. The number of halogens is 2. The van der Waals surface area contributed by atoms with Gasteiger partial charge in [0.05, 0.1) is 5.71 Å². The first-order valence-electron chi connectivity index (χ1n) is 11.1. The highest BCUT2D eigenvalue weighted by molar-refractivity contribution is 5.98. The number of nitrogens with zero attached hydrogens (tertiary/aromatic N) is 3. The minimum Gasteiger partial charge on any atom is -0.469 e. The number of alkyl halides is 2. The third-order valence-corrected chi connectivity index (χ3v) is 4.81. The summed E-state index contributed by atoms with van der Waals surface area (Å²) in [5.74, 6) is 4.32. The van der Waals surface area contributed by atoms with Gasteiger partial charge in [0.25, 0.3) is 5.92 Å². The molecule has 33 heavy (non-hydrogen) atoms. The van der Waals surface area contributed by atoms with Gasteiger partial charge in [0, 0.05) is 36.9 Å². The summed E-state index contributed by atoms with van der Waals surface area (Å²) >= 11 is 0. The average molecular weight is 462 g/mol. The first kappa shape index (κ1) is 26.2. The molecular weight excluding hydrogens is 428 g/mol. The number of hydrazine groups is 1. The third kappa shape index (κ3) is 9.13. The minimum atomic E-state index is -2.86. The maximum Gasteiger partial charge on any atom is 0.270 e. The van der Waals surface area contributed by atoms with E-state index in [1.54, 1.807) is 31.3 Å². The molecule has 0 saturated heterocycles. The molecule has 2 aromatic rings. The van der Waals surface area contributed by atoms with Gasteiger partial charge in [0.1, 0.15) is 19.0 Å². The maximum atomic E-state index is 13.2. The molecule has 3 N–H and O–H groups in total. The van der Waals surface area contributed by atoms with Gasteiger partial charge >= 0.3 is 0 Å². The van der Waals surface area contributed by atoms with Crippen LogP contribution in [0.2, 0.25) is 0 Å². The lowest BCUT2D eigenvalue weighted by atomic mass is 10.1. The molecule has 0 radical (unpaired) electrons. The molecule has 0 bridgehead atoms. The number of hydrogen-bond acceptors (Lipinski definition) is 6. The Labute approximate surface area is 194 Å². The number of ether oxygens (including phenoxy) is 1. The number of amidine groups is 1. The minimum absolute atomic E-state index is 0.0344. The number of rotatable bonds is 10. The Kier molecular flexibility index (Phi) is 10.2. The van der Waals surface area contributed by atoms with Crippen LogP contribution in [0.3, 0.4) is 0 Å². The molecule has 0 aliphatic heterocycles. The highest BCUT2D eigenvalue weighted by atomic mass is 19.3. The van der Waals surface area contributed by atoms with Crippen LogP contribution in [0.1, 0.15) is 57.2 Å². The number of aromatic nitrogens is 1. The zero-order valence-electron chi connectivity index (χ0n) is 19.6. The normalized spacial score (nSPS) is 14.3. The standard InChI is InChI=1S/C22H27F2N5O2.C2H6/c1-15(29-31-13-17-5-8-19(9-6-17)22(2,23)24)18-7-10-21(27-12-18)30-14-20(28-25)26-11-16-3-4-16;1-2/h5-10,12,16H,3-4,11,13-14,25H2,1-2H3,(H,26,28);1-2H3/b29-15+;. The molecule has 7 nitrogen and oxygen atoms in total. The molecule has 0 atom stereocenters. The highest BCUT2D eigenvalue weighted by Crippen LogP contribution is 2.29. The van der Waals surface area contributed by atoms with E-state index in [-0.39, 0.29) is 18.8 Å². The SMILES string of the molecule is C/C(=N\OCc1ccc(C(C)(F)F)cc1)c1ccc(OCC(=NCC2CC2)NN)nc1.CC. The van der Waals surface area contributed by atoms with Crippen molar-refractivity contribution in [3.8, 4) is 5.88 Å². The fraction of sp³-hybridized carbons (Fsp3) is 0.458. The van der Waals surface area contributed by atoms with Gasteiger partial charge < -0.3 is 15.0 Å². The van der Waals surface area contributed by atoms with E-state index in [2.05, 4.69) is 20.6 Å². The monoisotopic (exact) mass is 461 g/mol. The number of aliphatic imine (C=N–C) groups is 1. The van der Waals surface area contributed by atoms with Gasteiger partial charge in [-0.1, -0.05) is 43.3 Å². The van der Waals surface area contributed by atoms with Crippen molar-refractivity contribution in [2.75, 3.05) is 13.2 Å². The smallest absolute Gasteiger partial charge is 0.270 e. The number of benzene rings is 1. The number of pyridine rings is 1. The lowest BCUT2D eigenvalue weighted by molar-refractivity contribution is 0.0174. The first-order chi connectivity index (χ1) is 15.8. The van der Waals surface area contributed by atoms with Crippen molar-refractivity contribution in [1.29, 1.82) is 0 Å². The highest BCUT2D eigenvalue weighted by Gasteiger charge is 2.23. The van der Waals surface area contributed by atoms with Crippen molar-refractivity contribution in [3.63, 3.8) is 0 Å². The second kappa shape index (κ2) is 12.8. The van der Waals surface area contributed by atoms with Crippen LogP contribution in [-0.4, -0.2) is 29.7 Å². The topological polar surface area (TPSA) is 94.1 Å². The van der Waals surface area contributed by atoms with Gasteiger partial charge in [0.15, 0.2) is 0 Å². The molecule has 1 saturated carbocycles. The predicted molar refractivity (Wildman–Crippen MR) is 126 cm³/mol. The lowest BCUT2D eigenvalue weighted by Gasteiger charge is -2.10. The summed E-state index contributed by atoms with van der Waals surface area (Å²) in [5, 5.41) is 4.07. The predicted octanol–water partition coefficient (Wildman–Crippen LogP) is 4.81. The van der Waals surface area contributed by atoms with E-state index < -0.39 is 5.92 Å². The Bertz CT molecular complexity index is 906. The van der Waals surface area contributed by atoms with Crippen molar-refractivity contribution in [2.45, 2.75) is 53.1 Å². The van der Waals surface area contributed by atoms with Crippen LogP contribution in [0.5, 0.6) is 5.88 Å². The van der Waals surface area contributed by atoms with Crippen LogP contribution in [0, 0.1) is 5.92 Å². The van der Waals surface area contributed by atoms with E-state index in [1.807, 2.05) is 19.9 Å². The molecule has 0 spiro atoms. The first-order valence-corrected chi connectivity index (χ1v) is 11.1. The average Bonchev–Trinajstić information content (AvgIpc) is 3.65. The van der Waals surface area contributed by atoms with Gasteiger partial charge in [-0.25, -0.2) is 19.6 Å². The summed E-state index contributed by atoms with van der Waals surface area (Å²) in [6, 6.07) is 9.53. The summed E-state index contributed by atoms with van der Waals surface area (Å²) in [6.07, 6.45) is 4.08. The summed E-state index contributed by atoms with van der Waals surface area (Å²) in [5.41, 5.74) is 4.67. The maximum absolute atomic E-state index is 13.2. The second-order valence-corrected chi connectivity index (χ2v) is 7.58. The summed E-state index contributed by atoms with van der Waals surface area (Å²) in [6.45, 7) is 7.82. The van der Waals surface area contributed by atoms with Gasteiger partial charge in [0.2, 0.25) is 5.88 Å². The molecule has 1 aromatic carbocycles. The number of hydrogen-bond donors (Lipinski definition) is 2. The van der Waals surface area contributed by atoms with Crippen LogP contribution in [0.25, 0.3) is 0 Å². The fourth-order valence-electron chi connectivity index (χ4n) is 2.64. The molecule has 9 heteroatoms. The van der Waals surface area contributed by atoms with Crippen LogP contribution in [0.15, 0.2) is 52.7 Å². The molecule has 1 aromatic heterocycles. The van der Waals surface area contributed by atoms with Crippen LogP contribution in [-0.2, 0) is 17.4 Å². The molecule has 0 unspecified atom stereocenters. The second-order valence-electron chi connectivity index (χ2n) is 7.58. The van der Waals surface area contributed by atoms with E-state index in [1.165, 1.54) is 25.0 Å². The van der Waals surface area contributed by atoms with E-state index in [0.717, 1.165) is 24.6 Å². The van der Waals surface area contributed by atoms with E-state index in [9.17, 15) is 8.78 Å². The van der Waals surface area contributed by atoms with Crippen LogP contribution in [0.4, 0.5) is 8.78 Å². The van der Waals surface area contributed by atoms with Crippen molar-refractivity contribution < 1.29 is 18.4 Å². The Morgan fingerprint density at radius 2 is 1.88 bits per heavy atom.